The number of hydrogen-bond donors (Lipinski definition) is 0. The van der Waals surface area contributed by atoms with Crippen LogP contribution in [0.4, 0.5) is 0 Å². The fraction of sp³-hybridized carbons (Fsp3) is 0.333. The first-order valence-electron chi connectivity index (χ1n) is 4.02. The summed E-state index contributed by atoms with van der Waals surface area (Å²) in [5, 5.41) is 0. The van der Waals surface area contributed by atoms with Gasteiger partial charge in [-0.2, -0.15) is 0 Å². The van der Waals surface area contributed by atoms with Crippen LogP contribution in [-0.2, 0) is 4.74 Å². The van der Waals surface area contributed by atoms with Crippen LogP contribution in [0.15, 0.2) is 24.3 Å². The molecule has 0 saturated carbocycles. The van der Waals surface area contributed by atoms with Crippen LogP contribution in [0.1, 0.15) is 0 Å². The number of halogens is 1. The Morgan fingerprint density at radius 1 is 1.38 bits per heavy atom. The zero-order valence-corrected chi connectivity index (χ0v) is 9.06. The fourth-order valence-electron chi connectivity index (χ4n) is 0.980. The predicted octanol–water partition coefficient (Wildman–Crippen LogP) is 2.19. The van der Waals surface area contributed by atoms with Crippen LogP contribution in [0.3, 0.4) is 0 Å². The average molecular weight is 292 g/mol. The first-order chi connectivity index (χ1) is 6.40. The van der Waals surface area contributed by atoms with Gasteiger partial charge in [0.2, 0.25) is 0 Å². The van der Waals surface area contributed by atoms with E-state index in [1.807, 2.05) is 47.3 Å². The van der Waals surface area contributed by atoms with Crippen LogP contribution in [0.5, 0.6) is 11.5 Å². The summed E-state index contributed by atoms with van der Waals surface area (Å²) in [5.74, 6) is 1.52. The SMILES string of the molecule is IOc1ccccc1OCC1CO1. The monoisotopic (exact) mass is 292 g/mol. The van der Waals surface area contributed by atoms with Gasteiger partial charge >= 0.3 is 0 Å². The van der Waals surface area contributed by atoms with Crippen molar-refractivity contribution in [2.45, 2.75) is 6.10 Å². The van der Waals surface area contributed by atoms with Crippen LogP contribution in [0.25, 0.3) is 0 Å². The molecule has 0 radical (unpaired) electrons. The van der Waals surface area contributed by atoms with Crippen molar-refractivity contribution in [2.75, 3.05) is 13.2 Å². The summed E-state index contributed by atoms with van der Waals surface area (Å²) in [6.45, 7) is 1.42. The number of hydrogen-bond acceptors (Lipinski definition) is 3. The minimum absolute atomic E-state index is 0.280. The van der Waals surface area contributed by atoms with E-state index in [-0.39, 0.29) is 6.10 Å². The van der Waals surface area contributed by atoms with Gasteiger partial charge in [-0.3, -0.25) is 0 Å². The predicted molar refractivity (Wildman–Crippen MR) is 56.3 cm³/mol. The molecule has 4 heteroatoms. The lowest BCUT2D eigenvalue weighted by atomic mass is 10.3. The maximum atomic E-state index is 5.50. The van der Waals surface area contributed by atoms with Crippen LogP contribution in [0.2, 0.25) is 0 Å². The molecular formula is C9H9IO3. The van der Waals surface area contributed by atoms with E-state index >= 15 is 0 Å². The molecule has 70 valence electrons. The highest BCUT2D eigenvalue weighted by molar-refractivity contribution is 14.1. The lowest BCUT2D eigenvalue weighted by Crippen LogP contribution is -2.04. The highest BCUT2D eigenvalue weighted by Crippen LogP contribution is 2.28. The lowest BCUT2D eigenvalue weighted by Gasteiger charge is -2.07. The normalized spacial score (nSPS) is 19.6. The topological polar surface area (TPSA) is 31.0 Å². The molecule has 1 saturated heterocycles. The molecule has 1 atom stereocenters. The molecule has 1 aromatic rings. The Bertz CT molecular complexity index is 286. The van der Waals surface area contributed by atoms with Crippen molar-refractivity contribution >= 4 is 23.0 Å². The van der Waals surface area contributed by atoms with Crippen molar-refractivity contribution in [3.8, 4) is 11.5 Å². The largest absolute Gasteiger partial charge is 0.487 e. The number of ether oxygens (including phenoxy) is 2. The van der Waals surface area contributed by atoms with E-state index in [9.17, 15) is 0 Å². The number of rotatable bonds is 4. The summed E-state index contributed by atoms with van der Waals surface area (Å²) in [7, 11) is 0. The van der Waals surface area contributed by atoms with Gasteiger partial charge in [0, 0.05) is 0 Å². The minimum Gasteiger partial charge on any atom is -0.487 e. The van der Waals surface area contributed by atoms with E-state index in [4.69, 9.17) is 12.5 Å². The van der Waals surface area contributed by atoms with Gasteiger partial charge in [0.05, 0.1) is 6.61 Å². The zero-order valence-electron chi connectivity index (χ0n) is 6.90. The van der Waals surface area contributed by atoms with E-state index in [2.05, 4.69) is 0 Å². The first-order valence-corrected chi connectivity index (χ1v) is 4.90. The van der Waals surface area contributed by atoms with Crippen molar-refractivity contribution in [1.29, 1.82) is 0 Å². The molecular weight excluding hydrogens is 283 g/mol. The molecule has 0 bridgehead atoms. The lowest BCUT2D eigenvalue weighted by molar-refractivity contribution is 0.259. The number of para-hydroxylation sites is 2. The van der Waals surface area contributed by atoms with Crippen LogP contribution < -0.4 is 7.80 Å². The van der Waals surface area contributed by atoms with Gasteiger partial charge in [-0.05, 0) is 12.1 Å². The molecule has 1 fully saturated rings. The Morgan fingerprint density at radius 2 is 2.08 bits per heavy atom. The number of epoxide rings is 1. The third-order valence-corrected chi connectivity index (χ3v) is 2.23. The van der Waals surface area contributed by atoms with E-state index < -0.39 is 0 Å². The van der Waals surface area contributed by atoms with Gasteiger partial charge in [0.1, 0.15) is 12.7 Å². The van der Waals surface area contributed by atoms with Crippen LogP contribution in [0, 0.1) is 0 Å². The molecule has 3 nitrogen and oxygen atoms in total. The molecule has 1 aromatic carbocycles. The molecule has 13 heavy (non-hydrogen) atoms. The Morgan fingerprint density at radius 3 is 2.69 bits per heavy atom. The molecule has 1 aliphatic heterocycles. The maximum absolute atomic E-state index is 5.50. The van der Waals surface area contributed by atoms with Crippen molar-refractivity contribution in [3.05, 3.63) is 24.3 Å². The Hall–Kier alpha value is -0.490. The maximum Gasteiger partial charge on any atom is 0.192 e. The van der Waals surface area contributed by atoms with Crippen molar-refractivity contribution in [3.63, 3.8) is 0 Å². The quantitative estimate of drug-likeness (QED) is 0.629. The number of benzene rings is 1. The Labute approximate surface area is 90.7 Å². The summed E-state index contributed by atoms with van der Waals surface area (Å²) in [6.07, 6.45) is 0.280. The third-order valence-electron chi connectivity index (χ3n) is 1.76. The van der Waals surface area contributed by atoms with Gasteiger partial charge in [-0.25, -0.2) is 0 Å². The minimum atomic E-state index is 0.280. The standard InChI is InChI=1S/C9H9IO3/c10-13-9-4-2-1-3-8(9)12-6-7-5-11-7/h1-4,7H,5-6H2. The smallest absolute Gasteiger partial charge is 0.192 e. The van der Waals surface area contributed by atoms with Crippen molar-refractivity contribution in [2.24, 2.45) is 0 Å². The summed E-state index contributed by atoms with van der Waals surface area (Å²) in [4.78, 5) is 0. The van der Waals surface area contributed by atoms with Crippen molar-refractivity contribution in [1.82, 2.24) is 0 Å². The zero-order chi connectivity index (χ0) is 9.10. The van der Waals surface area contributed by atoms with E-state index in [0.29, 0.717) is 6.61 Å². The second-order valence-electron chi connectivity index (χ2n) is 2.79. The van der Waals surface area contributed by atoms with Gasteiger partial charge < -0.3 is 12.5 Å². The second kappa shape index (κ2) is 4.15. The Kier molecular flexibility index (Phi) is 2.90. The second-order valence-corrected chi connectivity index (χ2v) is 3.23. The molecule has 1 heterocycles. The first kappa shape index (κ1) is 9.08. The molecule has 0 aliphatic carbocycles. The molecule has 1 aliphatic rings. The van der Waals surface area contributed by atoms with Gasteiger partial charge in [-0.1, -0.05) is 12.1 Å². The van der Waals surface area contributed by atoms with E-state index in [0.717, 1.165) is 18.1 Å². The molecule has 0 spiro atoms. The molecule has 0 amide bonds. The Balaban J connectivity index is 1.99. The summed E-state index contributed by atoms with van der Waals surface area (Å²) in [6, 6.07) is 7.59. The third kappa shape index (κ3) is 2.47. The molecule has 2 rings (SSSR count). The average Bonchev–Trinajstić information content (AvgIpc) is 2.99. The molecule has 1 unspecified atom stereocenters. The highest BCUT2D eigenvalue weighted by atomic mass is 127. The van der Waals surface area contributed by atoms with Gasteiger partial charge in [0.15, 0.2) is 34.5 Å². The summed E-state index contributed by atoms with van der Waals surface area (Å²) < 4.78 is 15.6. The highest BCUT2D eigenvalue weighted by Gasteiger charge is 2.23. The van der Waals surface area contributed by atoms with Gasteiger partial charge in [0.25, 0.3) is 0 Å². The van der Waals surface area contributed by atoms with Crippen molar-refractivity contribution < 1.29 is 12.5 Å². The van der Waals surface area contributed by atoms with Crippen LogP contribution in [-0.4, -0.2) is 19.3 Å². The summed E-state index contributed by atoms with van der Waals surface area (Å²) >= 11 is 1.84. The van der Waals surface area contributed by atoms with E-state index in [1.165, 1.54) is 0 Å². The van der Waals surface area contributed by atoms with Gasteiger partial charge in [-0.15, -0.1) is 0 Å². The molecule has 0 N–H and O–H groups in total. The fourth-order valence-corrected chi connectivity index (χ4v) is 1.34. The van der Waals surface area contributed by atoms with Crippen LogP contribution >= 0.6 is 23.0 Å². The summed E-state index contributed by atoms with van der Waals surface area (Å²) in [5.41, 5.74) is 0. The van der Waals surface area contributed by atoms with E-state index in [1.54, 1.807) is 0 Å². The molecule has 0 aromatic heterocycles.